The second-order valence-electron chi connectivity index (χ2n) is 7.36. The van der Waals surface area contributed by atoms with Gasteiger partial charge in [-0.1, -0.05) is 36.4 Å². The number of amides is 2. The van der Waals surface area contributed by atoms with Crippen LogP contribution >= 0.6 is 0 Å². The summed E-state index contributed by atoms with van der Waals surface area (Å²) in [6.45, 7) is 2.99. The SMILES string of the molecule is CC(=O)N1CCC(NC(=O)c2ccc(C=Cc3n[nH]c4ccccc34)cc2)CC1. The molecule has 6 nitrogen and oxygen atoms in total. The van der Waals surface area contributed by atoms with Gasteiger partial charge in [0.1, 0.15) is 0 Å². The molecule has 0 saturated carbocycles. The Bertz CT molecular complexity index is 1040. The molecule has 0 aliphatic carbocycles. The number of hydrogen-bond acceptors (Lipinski definition) is 3. The number of fused-ring (bicyclic) bond motifs is 1. The van der Waals surface area contributed by atoms with Gasteiger partial charge >= 0.3 is 0 Å². The second-order valence-corrected chi connectivity index (χ2v) is 7.36. The van der Waals surface area contributed by atoms with Gasteiger partial charge in [0, 0.05) is 37.0 Å². The Morgan fingerprint density at radius 2 is 1.79 bits per heavy atom. The summed E-state index contributed by atoms with van der Waals surface area (Å²) in [5.41, 5.74) is 3.54. The summed E-state index contributed by atoms with van der Waals surface area (Å²) in [6, 6.07) is 15.6. The molecule has 1 aromatic heterocycles. The first-order valence-corrected chi connectivity index (χ1v) is 9.88. The Balaban J connectivity index is 1.36. The van der Waals surface area contributed by atoms with Crippen molar-refractivity contribution in [3.8, 4) is 0 Å². The van der Waals surface area contributed by atoms with E-state index in [2.05, 4.69) is 15.5 Å². The monoisotopic (exact) mass is 388 g/mol. The Morgan fingerprint density at radius 3 is 2.52 bits per heavy atom. The molecule has 2 amide bonds. The molecule has 0 radical (unpaired) electrons. The molecule has 1 fully saturated rings. The number of para-hydroxylation sites is 1. The number of aromatic amines is 1. The molecule has 0 atom stereocenters. The zero-order chi connectivity index (χ0) is 20.2. The van der Waals surface area contributed by atoms with Crippen molar-refractivity contribution in [2.75, 3.05) is 13.1 Å². The molecule has 0 unspecified atom stereocenters. The number of hydrogen-bond donors (Lipinski definition) is 2. The number of nitrogens with zero attached hydrogens (tertiary/aromatic N) is 2. The molecule has 29 heavy (non-hydrogen) atoms. The lowest BCUT2D eigenvalue weighted by atomic mass is 10.0. The molecule has 2 heterocycles. The van der Waals surface area contributed by atoms with Gasteiger partial charge in [0.2, 0.25) is 5.91 Å². The number of carbonyl (C=O) groups excluding carboxylic acids is 2. The first-order valence-electron chi connectivity index (χ1n) is 9.88. The third-order valence-electron chi connectivity index (χ3n) is 5.38. The normalized spacial score (nSPS) is 15.1. The first kappa shape index (κ1) is 18.9. The van der Waals surface area contributed by atoms with E-state index in [0.29, 0.717) is 18.7 Å². The smallest absolute Gasteiger partial charge is 0.251 e. The highest BCUT2D eigenvalue weighted by atomic mass is 16.2. The first-order chi connectivity index (χ1) is 14.1. The van der Waals surface area contributed by atoms with Crippen molar-refractivity contribution in [2.45, 2.75) is 25.8 Å². The minimum atomic E-state index is -0.0694. The number of carbonyl (C=O) groups is 2. The van der Waals surface area contributed by atoms with Crippen LogP contribution in [0, 0.1) is 0 Å². The molecule has 2 aromatic carbocycles. The number of benzene rings is 2. The standard InChI is InChI=1S/C23H24N4O2/c1-16(28)27-14-12-19(13-15-27)24-23(29)18-9-6-17(7-10-18)8-11-22-20-4-2-3-5-21(20)25-26-22/h2-11,19H,12-15H2,1H3,(H,24,29)(H,25,26). The fraction of sp³-hybridized carbons (Fsp3) is 0.261. The van der Waals surface area contributed by atoms with Crippen molar-refractivity contribution in [3.63, 3.8) is 0 Å². The van der Waals surface area contributed by atoms with Crippen LogP contribution < -0.4 is 5.32 Å². The molecule has 1 aliphatic heterocycles. The van der Waals surface area contributed by atoms with Crippen LogP contribution in [-0.2, 0) is 4.79 Å². The van der Waals surface area contributed by atoms with Crippen molar-refractivity contribution >= 4 is 34.9 Å². The summed E-state index contributed by atoms with van der Waals surface area (Å²) in [5.74, 6) is 0.0290. The molecule has 148 valence electrons. The highest BCUT2D eigenvalue weighted by Crippen LogP contribution is 2.18. The molecule has 3 aromatic rings. The number of aromatic nitrogens is 2. The van der Waals surface area contributed by atoms with Crippen molar-refractivity contribution in [2.24, 2.45) is 0 Å². The summed E-state index contributed by atoms with van der Waals surface area (Å²) in [4.78, 5) is 25.7. The third kappa shape index (κ3) is 4.37. The predicted octanol–water partition coefficient (Wildman–Crippen LogP) is 3.47. The lowest BCUT2D eigenvalue weighted by molar-refractivity contribution is -0.129. The molecular formula is C23H24N4O2. The van der Waals surface area contributed by atoms with E-state index in [4.69, 9.17) is 0 Å². The van der Waals surface area contributed by atoms with E-state index in [0.717, 1.165) is 35.0 Å². The van der Waals surface area contributed by atoms with Gasteiger partial charge in [-0.05, 0) is 42.7 Å². The quantitative estimate of drug-likeness (QED) is 0.718. The van der Waals surface area contributed by atoms with Gasteiger partial charge in [0.05, 0.1) is 11.2 Å². The van der Waals surface area contributed by atoms with Crippen LogP contribution in [0.4, 0.5) is 0 Å². The number of H-pyrrole nitrogens is 1. The summed E-state index contributed by atoms with van der Waals surface area (Å²) in [6.07, 6.45) is 5.55. The highest BCUT2D eigenvalue weighted by molar-refractivity contribution is 5.95. The highest BCUT2D eigenvalue weighted by Gasteiger charge is 2.22. The number of likely N-dealkylation sites (tertiary alicyclic amines) is 1. The lowest BCUT2D eigenvalue weighted by Gasteiger charge is -2.31. The lowest BCUT2D eigenvalue weighted by Crippen LogP contribution is -2.45. The molecule has 6 heteroatoms. The number of piperidine rings is 1. The van der Waals surface area contributed by atoms with Crippen LogP contribution in [-0.4, -0.2) is 46.0 Å². The number of rotatable bonds is 4. The summed E-state index contributed by atoms with van der Waals surface area (Å²) in [5, 5.41) is 11.5. The molecule has 0 spiro atoms. The van der Waals surface area contributed by atoms with Crippen molar-refractivity contribution in [3.05, 3.63) is 65.4 Å². The van der Waals surface area contributed by atoms with Gasteiger partial charge in [-0.3, -0.25) is 14.7 Å². The Kier molecular flexibility index (Phi) is 5.42. The van der Waals surface area contributed by atoms with Crippen molar-refractivity contribution < 1.29 is 9.59 Å². The fourth-order valence-corrected chi connectivity index (χ4v) is 3.64. The zero-order valence-corrected chi connectivity index (χ0v) is 16.4. The van der Waals surface area contributed by atoms with Crippen LogP contribution in [0.15, 0.2) is 48.5 Å². The van der Waals surface area contributed by atoms with E-state index in [1.54, 1.807) is 6.92 Å². The average molecular weight is 388 g/mol. The maximum absolute atomic E-state index is 12.5. The zero-order valence-electron chi connectivity index (χ0n) is 16.4. The van der Waals surface area contributed by atoms with Crippen LogP contribution in [0.3, 0.4) is 0 Å². The summed E-state index contributed by atoms with van der Waals surface area (Å²) >= 11 is 0. The molecule has 0 bridgehead atoms. The average Bonchev–Trinajstić information content (AvgIpc) is 3.16. The minimum absolute atomic E-state index is 0.0694. The van der Waals surface area contributed by atoms with Crippen molar-refractivity contribution in [1.29, 1.82) is 0 Å². The van der Waals surface area contributed by atoms with Crippen LogP contribution in [0.5, 0.6) is 0 Å². The molecule has 2 N–H and O–H groups in total. The molecule has 4 rings (SSSR count). The predicted molar refractivity (Wildman–Crippen MR) is 114 cm³/mol. The van der Waals surface area contributed by atoms with E-state index in [1.165, 1.54) is 0 Å². The Hall–Kier alpha value is -3.41. The van der Waals surface area contributed by atoms with Gasteiger partial charge in [0.15, 0.2) is 0 Å². The van der Waals surface area contributed by atoms with Crippen LogP contribution in [0.2, 0.25) is 0 Å². The topological polar surface area (TPSA) is 78.1 Å². The van der Waals surface area contributed by atoms with Crippen LogP contribution in [0.25, 0.3) is 23.1 Å². The van der Waals surface area contributed by atoms with E-state index in [-0.39, 0.29) is 17.9 Å². The molecular weight excluding hydrogens is 364 g/mol. The van der Waals surface area contributed by atoms with Gasteiger partial charge in [-0.25, -0.2) is 0 Å². The third-order valence-corrected chi connectivity index (χ3v) is 5.38. The van der Waals surface area contributed by atoms with E-state index in [1.807, 2.05) is 65.6 Å². The van der Waals surface area contributed by atoms with E-state index in [9.17, 15) is 9.59 Å². The van der Waals surface area contributed by atoms with Gasteiger partial charge < -0.3 is 10.2 Å². The van der Waals surface area contributed by atoms with E-state index < -0.39 is 0 Å². The van der Waals surface area contributed by atoms with Gasteiger partial charge in [-0.15, -0.1) is 0 Å². The van der Waals surface area contributed by atoms with Crippen molar-refractivity contribution in [1.82, 2.24) is 20.4 Å². The Labute approximate surface area is 169 Å². The Morgan fingerprint density at radius 1 is 1.07 bits per heavy atom. The fourth-order valence-electron chi connectivity index (χ4n) is 3.64. The minimum Gasteiger partial charge on any atom is -0.349 e. The molecule has 1 aliphatic rings. The van der Waals surface area contributed by atoms with Crippen LogP contribution in [0.1, 0.15) is 41.4 Å². The van der Waals surface area contributed by atoms with Gasteiger partial charge in [0.25, 0.3) is 5.91 Å². The summed E-state index contributed by atoms with van der Waals surface area (Å²) < 4.78 is 0. The maximum atomic E-state index is 12.5. The maximum Gasteiger partial charge on any atom is 0.251 e. The molecule has 1 saturated heterocycles. The largest absolute Gasteiger partial charge is 0.349 e. The second kappa shape index (κ2) is 8.31. The summed E-state index contributed by atoms with van der Waals surface area (Å²) in [7, 11) is 0. The van der Waals surface area contributed by atoms with E-state index >= 15 is 0 Å². The number of nitrogens with one attached hydrogen (secondary N) is 2. The van der Waals surface area contributed by atoms with Gasteiger partial charge in [-0.2, -0.15) is 5.10 Å².